The average molecular weight is 394 g/mol. The summed E-state index contributed by atoms with van der Waals surface area (Å²) in [5.41, 5.74) is 6.15. The number of rotatable bonds is 3. The first-order valence-corrected chi connectivity index (χ1v) is 8.39. The summed E-state index contributed by atoms with van der Waals surface area (Å²) in [6.07, 6.45) is 0. The minimum Gasteiger partial charge on any atom is -0.398 e. The van der Waals surface area contributed by atoms with Gasteiger partial charge in [0.15, 0.2) is 0 Å². The molecule has 8 heteroatoms. The maximum absolute atomic E-state index is 13.7. The molecule has 0 aliphatic carbocycles. The highest BCUT2D eigenvalue weighted by Gasteiger charge is 2.20. The molecule has 4 nitrogen and oxygen atoms in total. The average Bonchev–Trinajstić information content (AvgIpc) is 2.37. The molecular formula is C13H11BrClFN2O2S. The van der Waals surface area contributed by atoms with E-state index < -0.39 is 15.8 Å². The van der Waals surface area contributed by atoms with E-state index in [1.165, 1.54) is 24.3 Å². The molecule has 0 aliphatic rings. The predicted molar refractivity (Wildman–Crippen MR) is 85.5 cm³/mol. The molecule has 0 saturated carbocycles. The molecular weight excluding hydrogens is 383 g/mol. The van der Waals surface area contributed by atoms with Gasteiger partial charge in [-0.25, -0.2) is 12.8 Å². The molecule has 2 aromatic rings. The summed E-state index contributed by atoms with van der Waals surface area (Å²) >= 11 is 8.93. The fourth-order valence-electron chi connectivity index (χ4n) is 1.73. The highest BCUT2D eigenvalue weighted by atomic mass is 79.9. The molecule has 2 rings (SSSR count). The summed E-state index contributed by atoms with van der Waals surface area (Å²) in [5.74, 6) is -0.694. The van der Waals surface area contributed by atoms with Crippen LogP contribution in [0.3, 0.4) is 0 Å². The summed E-state index contributed by atoms with van der Waals surface area (Å²) in [5, 5.41) is 0.190. The number of hydrogen-bond acceptors (Lipinski definition) is 3. The Balaban J connectivity index is 2.48. The number of nitrogens with one attached hydrogen (secondary N) is 1. The number of nitrogen functional groups attached to an aromatic ring is 1. The number of anilines is 2. The quantitative estimate of drug-likeness (QED) is 0.776. The molecule has 0 spiro atoms. The van der Waals surface area contributed by atoms with Gasteiger partial charge in [-0.05, 0) is 42.8 Å². The Morgan fingerprint density at radius 3 is 2.57 bits per heavy atom. The van der Waals surface area contributed by atoms with Gasteiger partial charge in [0.1, 0.15) is 5.82 Å². The van der Waals surface area contributed by atoms with E-state index >= 15 is 0 Å². The van der Waals surface area contributed by atoms with Crippen LogP contribution in [0, 0.1) is 12.7 Å². The lowest BCUT2D eigenvalue weighted by Gasteiger charge is -2.13. The van der Waals surface area contributed by atoms with Gasteiger partial charge in [0.25, 0.3) is 10.0 Å². The topological polar surface area (TPSA) is 72.2 Å². The Morgan fingerprint density at radius 2 is 1.95 bits per heavy atom. The monoisotopic (exact) mass is 392 g/mol. The van der Waals surface area contributed by atoms with Gasteiger partial charge >= 0.3 is 0 Å². The molecule has 0 radical (unpaired) electrons. The molecule has 112 valence electrons. The minimum absolute atomic E-state index is 0.0881. The van der Waals surface area contributed by atoms with E-state index in [4.69, 9.17) is 17.3 Å². The van der Waals surface area contributed by atoms with E-state index in [0.29, 0.717) is 10.0 Å². The Hall–Kier alpha value is -1.31. The van der Waals surface area contributed by atoms with Crippen LogP contribution in [0.25, 0.3) is 0 Å². The number of hydrogen-bond donors (Lipinski definition) is 2. The van der Waals surface area contributed by atoms with Gasteiger partial charge in [-0.3, -0.25) is 4.72 Å². The summed E-state index contributed by atoms with van der Waals surface area (Å²) < 4.78 is 41.2. The van der Waals surface area contributed by atoms with E-state index in [0.717, 1.165) is 6.07 Å². The van der Waals surface area contributed by atoms with Gasteiger partial charge in [0, 0.05) is 15.2 Å². The number of halogens is 3. The first-order chi connectivity index (χ1) is 9.70. The third kappa shape index (κ3) is 3.48. The fraction of sp³-hybridized carbons (Fsp3) is 0.0769. The Bertz CT molecular complexity index is 812. The number of benzene rings is 2. The van der Waals surface area contributed by atoms with Gasteiger partial charge in [-0.2, -0.15) is 0 Å². The van der Waals surface area contributed by atoms with E-state index in [-0.39, 0.29) is 21.3 Å². The van der Waals surface area contributed by atoms with Crippen molar-refractivity contribution in [1.29, 1.82) is 0 Å². The van der Waals surface area contributed by atoms with Gasteiger partial charge < -0.3 is 5.73 Å². The Kier molecular flexibility index (Phi) is 4.46. The Labute approximate surface area is 135 Å². The highest BCUT2D eigenvalue weighted by Crippen LogP contribution is 2.28. The van der Waals surface area contributed by atoms with Crippen molar-refractivity contribution in [3.05, 3.63) is 51.2 Å². The first kappa shape index (κ1) is 16.1. The normalized spacial score (nSPS) is 11.4. The van der Waals surface area contributed by atoms with Gasteiger partial charge in [-0.15, -0.1) is 0 Å². The van der Waals surface area contributed by atoms with Crippen LogP contribution in [0.1, 0.15) is 5.56 Å². The van der Waals surface area contributed by atoms with Crippen LogP contribution in [0.15, 0.2) is 39.7 Å². The second kappa shape index (κ2) is 5.82. The summed E-state index contributed by atoms with van der Waals surface area (Å²) in [6, 6.07) is 6.74. The lowest BCUT2D eigenvalue weighted by atomic mass is 10.2. The third-order valence-corrected chi connectivity index (χ3v) is 5.03. The second-order valence-corrected chi connectivity index (χ2v) is 7.35. The maximum atomic E-state index is 13.7. The van der Waals surface area contributed by atoms with Crippen LogP contribution in [0.4, 0.5) is 15.8 Å². The van der Waals surface area contributed by atoms with E-state index in [1.807, 2.05) is 0 Å². The highest BCUT2D eigenvalue weighted by molar-refractivity contribution is 9.10. The largest absolute Gasteiger partial charge is 0.398 e. The number of sulfonamides is 1. The molecule has 0 aromatic heterocycles. The predicted octanol–water partition coefficient (Wildman–Crippen LogP) is 3.93. The molecule has 21 heavy (non-hydrogen) atoms. The van der Waals surface area contributed by atoms with Gasteiger partial charge in [-0.1, -0.05) is 27.5 Å². The van der Waals surface area contributed by atoms with Crippen LogP contribution in [0.2, 0.25) is 5.02 Å². The van der Waals surface area contributed by atoms with Gasteiger partial charge in [0.05, 0.1) is 10.6 Å². The van der Waals surface area contributed by atoms with Crippen molar-refractivity contribution < 1.29 is 12.8 Å². The van der Waals surface area contributed by atoms with Crippen LogP contribution in [-0.4, -0.2) is 8.42 Å². The smallest absolute Gasteiger partial charge is 0.262 e. The van der Waals surface area contributed by atoms with Crippen molar-refractivity contribution in [2.24, 2.45) is 0 Å². The third-order valence-electron chi connectivity index (χ3n) is 2.83. The summed E-state index contributed by atoms with van der Waals surface area (Å²) in [4.78, 5) is -0.0881. The van der Waals surface area contributed by atoms with Crippen molar-refractivity contribution in [2.75, 3.05) is 10.5 Å². The maximum Gasteiger partial charge on any atom is 0.262 e. The van der Waals surface area contributed by atoms with E-state index in [9.17, 15) is 12.8 Å². The second-order valence-electron chi connectivity index (χ2n) is 4.35. The fourth-order valence-corrected chi connectivity index (χ4v) is 3.72. The zero-order valence-corrected chi connectivity index (χ0v) is 14.0. The molecule has 0 aliphatic heterocycles. The van der Waals surface area contributed by atoms with Crippen molar-refractivity contribution >= 4 is 48.9 Å². The molecule has 0 fully saturated rings. The van der Waals surface area contributed by atoms with Crippen molar-refractivity contribution in [1.82, 2.24) is 0 Å². The molecule has 0 unspecified atom stereocenters. The zero-order chi connectivity index (χ0) is 15.8. The minimum atomic E-state index is -3.99. The standard InChI is InChI=1S/C13H11BrClFN2O2S/c1-7-11(17)5-9(15)6-13(7)21(19,20)18-12-3-2-8(14)4-10(12)16/h2-6,18H,17H2,1H3. The zero-order valence-electron chi connectivity index (χ0n) is 10.8. The molecule has 0 bridgehead atoms. The van der Waals surface area contributed by atoms with Crippen LogP contribution in [0.5, 0.6) is 0 Å². The summed E-state index contributed by atoms with van der Waals surface area (Å²) in [6.45, 7) is 1.55. The molecule has 0 heterocycles. The number of nitrogens with two attached hydrogens (primary N) is 1. The van der Waals surface area contributed by atoms with E-state index in [1.54, 1.807) is 6.92 Å². The van der Waals surface area contributed by atoms with Crippen molar-refractivity contribution in [2.45, 2.75) is 11.8 Å². The van der Waals surface area contributed by atoms with Crippen LogP contribution in [-0.2, 0) is 10.0 Å². The van der Waals surface area contributed by atoms with Crippen LogP contribution < -0.4 is 10.5 Å². The van der Waals surface area contributed by atoms with Crippen molar-refractivity contribution in [3.63, 3.8) is 0 Å². The SMILES string of the molecule is Cc1c(N)cc(Cl)cc1S(=O)(=O)Nc1ccc(Br)cc1F. The molecule has 3 N–H and O–H groups in total. The Morgan fingerprint density at radius 1 is 1.29 bits per heavy atom. The van der Waals surface area contributed by atoms with Crippen LogP contribution >= 0.6 is 27.5 Å². The van der Waals surface area contributed by atoms with Crippen molar-refractivity contribution in [3.8, 4) is 0 Å². The lowest BCUT2D eigenvalue weighted by Crippen LogP contribution is -2.16. The van der Waals surface area contributed by atoms with E-state index in [2.05, 4.69) is 20.7 Å². The molecule has 2 aromatic carbocycles. The van der Waals surface area contributed by atoms with Gasteiger partial charge in [0.2, 0.25) is 0 Å². The molecule has 0 saturated heterocycles. The molecule has 0 amide bonds. The first-order valence-electron chi connectivity index (χ1n) is 5.74. The lowest BCUT2D eigenvalue weighted by molar-refractivity contribution is 0.598. The summed E-state index contributed by atoms with van der Waals surface area (Å²) in [7, 11) is -3.99. The molecule has 0 atom stereocenters.